The van der Waals surface area contributed by atoms with Gasteiger partial charge in [0.2, 0.25) is 5.92 Å². The Bertz CT molecular complexity index is 1230. The smallest absolute Gasteiger partial charge is 0.323 e. The maximum absolute atomic E-state index is 13.5. The highest BCUT2D eigenvalue weighted by Gasteiger charge is 2.55. The number of rotatable bonds is 4. The fraction of sp³-hybridized carbons (Fsp3) is 0.304. The van der Waals surface area contributed by atoms with Gasteiger partial charge in [-0.05, 0) is 43.2 Å². The summed E-state index contributed by atoms with van der Waals surface area (Å²) in [5, 5.41) is 7.91. The molecular formula is C23H20F2N4O3. The van der Waals surface area contributed by atoms with Gasteiger partial charge in [0.25, 0.3) is 5.91 Å². The SMILES string of the molecule is O=C(CN1C(=O)NC2(CCC(F)(F)CC2)C1=O)c1ccc(-n2ncc3ccccc32)cc1. The molecule has 2 fully saturated rings. The summed E-state index contributed by atoms with van der Waals surface area (Å²) >= 11 is 0. The first-order valence-corrected chi connectivity index (χ1v) is 10.4. The van der Waals surface area contributed by atoms with Crippen molar-refractivity contribution in [2.45, 2.75) is 37.1 Å². The van der Waals surface area contributed by atoms with Gasteiger partial charge in [-0.3, -0.25) is 14.5 Å². The second kappa shape index (κ2) is 7.22. The van der Waals surface area contributed by atoms with E-state index in [1.165, 1.54) is 0 Å². The lowest BCUT2D eigenvalue weighted by Crippen LogP contribution is -2.51. The van der Waals surface area contributed by atoms with Gasteiger partial charge in [-0.1, -0.05) is 18.2 Å². The first-order valence-electron chi connectivity index (χ1n) is 10.4. The van der Waals surface area contributed by atoms with Gasteiger partial charge in [0, 0.05) is 23.8 Å². The van der Waals surface area contributed by atoms with Crippen LogP contribution in [0.5, 0.6) is 0 Å². The number of benzene rings is 2. The topological polar surface area (TPSA) is 84.3 Å². The number of carbonyl (C=O) groups is 3. The van der Waals surface area contributed by atoms with Crippen LogP contribution in [0.4, 0.5) is 13.6 Å². The zero-order chi connectivity index (χ0) is 22.5. The molecule has 0 unspecified atom stereocenters. The third-order valence-corrected chi connectivity index (χ3v) is 6.29. The summed E-state index contributed by atoms with van der Waals surface area (Å²) in [5.74, 6) is -3.85. The van der Waals surface area contributed by atoms with Crippen molar-refractivity contribution in [1.82, 2.24) is 20.0 Å². The summed E-state index contributed by atoms with van der Waals surface area (Å²) in [6, 6.07) is 13.7. The summed E-state index contributed by atoms with van der Waals surface area (Å²) in [5.41, 5.74) is 0.695. The molecule has 2 aromatic carbocycles. The molecule has 164 valence electrons. The van der Waals surface area contributed by atoms with Gasteiger partial charge in [-0.2, -0.15) is 5.10 Å². The monoisotopic (exact) mass is 438 g/mol. The second-order valence-corrected chi connectivity index (χ2v) is 8.34. The molecule has 3 amide bonds. The van der Waals surface area contributed by atoms with Gasteiger partial charge < -0.3 is 5.32 Å². The lowest BCUT2D eigenvalue weighted by atomic mass is 9.80. The van der Waals surface area contributed by atoms with Crippen molar-refractivity contribution < 1.29 is 23.2 Å². The summed E-state index contributed by atoms with van der Waals surface area (Å²) in [4.78, 5) is 38.8. The van der Waals surface area contributed by atoms with Crippen molar-refractivity contribution in [3.63, 3.8) is 0 Å². The largest absolute Gasteiger partial charge is 0.325 e. The van der Waals surface area contributed by atoms with E-state index in [9.17, 15) is 23.2 Å². The number of para-hydroxylation sites is 1. The molecule has 1 N–H and O–H groups in total. The normalized spacial score (nSPS) is 19.5. The van der Waals surface area contributed by atoms with Crippen LogP contribution in [-0.2, 0) is 4.79 Å². The van der Waals surface area contributed by atoms with Crippen LogP contribution in [0.3, 0.4) is 0 Å². The Morgan fingerprint density at radius 3 is 2.41 bits per heavy atom. The molecule has 0 radical (unpaired) electrons. The molecule has 0 atom stereocenters. The number of alkyl halides is 2. The Hall–Kier alpha value is -3.62. The van der Waals surface area contributed by atoms with Gasteiger partial charge in [-0.25, -0.2) is 18.3 Å². The lowest BCUT2D eigenvalue weighted by molar-refractivity contribution is -0.135. The van der Waals surface area contributed by atoms with E-state index < -0.39 is 48.6 Å². The quantitative estimate of drug-likeness (QED) is 0.497. The minimum atomic E-state index is -2.83. The average Bonchev–Trinajstić information content (AvgIpc) is 3.31. The van der Waals surface area contributed by atoms with Crippen molar-refractivity contribution in [3.8, 4) is 5.69 Å². The van der Waals surface area contributed by atoms with Gasteiger partial charge in [0.1, 0.15) is 5.54 Å². The van der Waals surface area contributed by atoms with Crippen molar-refractivity contribution in [2.24, 2.45) is 0 Å². The van der Waals surface area contributed by atoms with Crippen molar-refractivity contribution >= 4 is 28.6 Å². The fourth-order valence-corrected chi connectivity index (χ4v) is 4.40. The number of hydrogen-bond acceptors (Lipinski definition) is 4. The van der Waals surface area contributed by atoms with E-state index in [1.807, 2.05) is 24.3 Å². The Labute approximate surface area is 182 Å². The number of ketones is 1. The molecule has 2 heterocycles. The van der Waals surface area contributed by atoms with E-state index in [0.717, 1.165) is 21.5 Å². The zero-order valence-corrected chi connectivity index (χ0v) is 17.1. The molecule has 7 nitrogen and oxygen atoms in total. The van der Waals surface area contributed by atoms with E-state index in [1.54, 1.807) is 35.1 Å². The van der Waals surface area contributed by atoms with Crippen LogP contribution >= 0.6 is 0 Å². The summed E-state index contributed by atoms with van der Waals surface area (Å²) < 4.78 is 28.8. The second-order valence-electron chi connectivity index (χ2n) is 8.34. The van der Waals surface area contributed by atoms with Gasteiger partial charge >= 0.3 is 6.03 Å². The molecular weight excluding hydrogens is 418 g/mol. The highest BCUT2D eigenvalue weighted by molar-refractivity contribution is 6.11. The molecule has 3 aromatic rings. The molecule has 1 aromatic heterocycles. The highest BCUT2D eigenvalue weighted by Crippen LogP contribution is 2.41. The first-order chi connectivity index (χ1) is 15.3. The van der Waals surface area contributed by atoms with Crippen molar-refractivity contribution in [3.05, 3.63) is 60.3 Å². The van der Waals surface area contributed by atoms with Crippen LogP contribution in [0.25, 0.3) is 16.6 Å². The zero-order valence-electron chi connectivity index (χ0n) is 17.1. The minimum Gasteiger partial charge on any atom is -0.323 e. The number of aromatic nitrogens is 2. The van der Waals surface area contributed by atoms with Gasteiger partial charge in [-0.15, -0.1) is 0 Å². The maximum Gasteiger partial charge on any atom is 0.325 e. The van der Waals surface area contributed by atoms with Crippen LogP contribution in [-0.4, -0.2) is 50.4 Å². The summed E-state index contributed by atoms with van der Waals surface area (Å²) in [7, 11) is 0. The van der Waals surface area contributed by atoms with E-state index >= 15 is 0 Å². The predicted octanol–water partition coefficient (Wildman–Crippen LogP) is 3.71. The van der Waals surface area contributed by atoms with Gasteiger partial charge in [0.05, 0.1) is 23.9 Å². The Kier molecular flexibility index (Phi) is 4.58. The number of halogens is 2. The number of amides is 3. The fourth-order valence-electron chi connectivity index (χ4n) is 4.40. The molecule has 2 aliphatic rings. The molecule has 1 saturated carbocycles. The molecule has 1 aliphatic heterocycles. The van der Waals surface area contributed by atoms with E-state index in [0.29, 0.717) is 5.56 Å². The Morgan fingerprint density at radius 1 is 1.00 bits per heavy atom. The maximum atomic E-state index is 13.5. The lowest BCUT2D eigenvalue weighted by Gasteiger charge is -2.34. The third-order valence-electron chi connectivity index (χ3n) is 6.29. The Morgan fingerprint density at radius 2 is 1.69 bits per heavy atom. The number of imide groups is 1. The summed E-state index contributed by atoms with van der Waals surface area (Å²) in [6.07, 6.45) is 0.543. The van der Waals surface area contributed by atoms with Crippen molar-refractivity contribution in [2.75, 3.05) is 6.54 Å². The molecule has 5 rings (SSSR count). The number of nitrogens with zero attached hydrogens (tertiary/aromatic N) is 3. The molecule has 1 saturated heterocycles. The summed E-state index contributed by atoms with van der Waals surface area (Å²) in [6.45, 7) is -0.438. The van der Waals surface area contributed by atoms with Crippen LogP contribution in [0.1, 0.15) is 36.0 Å². The molecule has 9 heteroatoms. The van der Waals surface area contributed by atoms with Gasteiger partial charge in [0.15, 0.2) is 5.78 Å². The molecule has 1 aliphatic carbocycles. The average molecular weight is 438 g/mol. The number of fused-ring (bicyclic) bond motifs is 1. The first kappa shape index (κ1) is 20.3. The number of hydrogen-bond donors (Lipinski definition) is 1. The third kappa shape index (κ3) is 3.34. The number of nitrogens with one attached hydrogen (secondary N) is 1. The van der Waals surface area contributed by atoms with Crippen LogP contribution < -0.4 is 5.32 Å². The van der Waals surface area contributed by atoms with Crippen LogP contribution in [0.2, 0.25) is 0 Å². The predicted molar refractivity (Wildman–Crippen MR) is 112 cm³/mol. The standard InChI is InChI=1S/C23H20F2N4O3/c24-23(25)11-9-22(10-12-23)20(31)28(21(32)27-22)14-19(30)15-5-7-17(8-6-15)29-18-4-2-1-3-16(18)13-26-29/h1-8,13H,9-12,14H2,(H,27,32). The Balaban J connectivity index is 1.31. The van der Waals surface area contributed by atoms with E-state index in [4.69, 9.17) is 0 Å². The highest BCUT2D eigenvalue weighted by atomic mass is 19.3. The van der Waals surface area contributed by atoms with E-state index in [2.05, 4.69) is 10.4 Å². The molecule has 32 heavy (non-hydrogen) atoms. The number of urea groups is 1. The number of carbonyl (C=O) groups excluding carboxylic acids is 3. The molecule has 1 spiro atoms. The van der Waals surface area contributed by atoms with Crippen LogP contribution in [0, 0.1) is 0 Å². The van der Waals surface area contributed by atoms with E-state index in [-0.39, 0.29) is 12.8 Å². The van der Waals surface area contributed by atoms with Crippen LogP contribution in [0.15, 0.2) is 54.7 Å². The molecule has 0 bridgehead atoms. The number of Topliss-reactive ketones (excluding diaryl/α,β-unsaturated/α-hetero) is 1. The minimum absolute atomic E-state index is 0.137. The van der Waals surface area contributed by atoms with Crippen molar-refractivity contribution in [1.29, 1.82) is 0 Å².